The van der Waals surface area contributed by atoms with Crippen molar-refractivity contribution in [3.63, 3.8) is 0 Å². The SMILES string of the molecule is CCOC(=O)c1cccc(CC(C)C)c1. The maximum absolute atomic E-state index is 11.5. The third-order valence-electron chi connectivity index (χ3n) is 2.08. The molecule has 0 bridgehead atoms. The predicted molar refractivity (Wildman–Crippen MR) is 60.9 cm³/mol. The Kier molecular flexibility index (Phi) is 4.35. The molecule has 0 atom stereocenters. The van der Waals surface area contributed by atoms with E-state index in [2.05, 4.69) is 13.8 Å². The van der Waals surface area contributed by atoms with Crippen molar-refractivity contribution >= 4 is 5.97 Å². The Morgan fingerprint density at radius 2 is 2.13 bits per heavy atom. The fourth-order valence-electron chi connectivity index (χ4n) is 1.51. The maximum atomic E-state index is 11.5. The van der Waals surface area contributed by atoms with Gasteiger partial charge in [0.1, 0.15) is 0 Å². The quantitative estimate of drug-likeness (QED) is 0.708. The van der Waals surface area contributed by atoms with Gasteiger partial charge < -0.3 is 4.74 Å². The number of hydrogen-bond donors (Lipinski definition) is 0. The molecule has 82 valence electrons. The smallest absolute Gasteiger partial charge is 0.338 e. The van der Waals surface area contributed by atoms with Crippen molar-refractivity contribution in [2.45, 2.75) is 27.2 Å². The van der Waals surface area contributed by atoms with Gasteiger partial charge in [-0.1, -0.05) is 26.0 Å². The number of esters is 1. The van der Waals surface area contributed by atoms with Gasteiger partial charge in [-0.2, -0.15) is 0 Å². The fraction of sp³-hybridized carbons (Fsp3) is 0.462. The Bertz CT molecular complexity index is 329. The van der Waals surface area contributed by atoms with Crippen LogP contribution in [0.15, 0.2) is 24.3 Å². The minimum Gasteiger partial charge on any atom is -0.462 e. The standard InChI is InChI=1S/C13H18O2/c1-4-15-13(14)12-7-5-6-11(9-12)8-10(2)3/h5-7,9-10H,4,8H2,1-3H3. The number of rotatable bonds is 4. The van der Waals surface area contributed by atoms with Gasteiger partial charge in [0.25, 0.3) is 0 Å². The molecule has 1 rings (SSSR count). The van der Waals surface area contributed by atoms with E-state index in [0.29, 0.717) is 18.1 Å². The third kappa shape index (κ3) is 3.74. The van der Waals surface area contributed by atoms with E-state index in [9.17, 15) is 4.79 Å². The summed E-state index contributed by atoms with van der Waals surface area (Å²) in [5, 5.41) is 0. The molecule has 0 aliphatic rings. The van der Waals surface area contributed by atoms with Crippen LogP contribution in [-0.2, 0) is 11.2 Å². The summed E-state index contributed by atoms with van der Waals surface area (Å²) in [6.07, 6.45) is 0.993. The van der Waals surface area contributed by atoms with Crippen LogP contribution in [0, 0.1) is 5.92 Å². The van der Waals surface area contributed by atoms with E-state index in [4.69, 9.17) is 4.74 Å². The van der Waals surface area contributed by atoms with Crippen molar-refractivity contribution in [3.05, 3.63) is 35.4 Å². The molecule has 0 radical (unpaired) electrons. The minimum absolute atomic E-state index is 0.233. The predicted octanol–water partition coefficient (Wildman–Crippen LogP) is 3.06. The molecule has 0 aliphatic heterocycles. The van der Waals surface area contributed by atoms with E-state index >= 15 is 0 Å². The molecule has 0 saturated carbocycles. The molecule has 2 nitrogen and oxygen atoms in total. The van der Waals surface area contributed by atoms with Gasteiger partial charge in [-0.25, -0.2) is 4.79 Å². The van der Waals surface area contributed by atoms with Gasteiger partial charge in [0.05, 0.1) is 12.2 Å². The molecule has 0 spiro atoms. The fourth-order valence-corrected chi connectivity index (χ4v) is 1.51. The van der Waals surface area contributed by atoms with Crippen LogP contribution in [0.1, 0.15) is 36.7 Å². The summed E-state index contributed by atoms with van der Waals surface area (Å²) in [7, 11) is 0. The molecule has 0 N–H and O–H groups in total. The van der Waals surface area contributed by atoms with Gasteiger partial charge in [-0.05, 0) is 37.0 Å². The molecule has 0 aromatic heterocycles. The summed E-state index contributed by atoms with van der Waals surface area (Å²) in [4.78, 5) is 11.5. The summed E-state index contributed by atoms with van der Waals surface area (Å²) < 4.78 is 4.95. The highest BCUT2D eigenvalue weighted by molar-refractivity contribution is 5.89. The van der Waals surface area contributed by atoms with Crippen molar-refractivity contribution in [2.75, 3.05) is 6.61 Å². The molecule has 0 saturated heterocycles. The van der Waals surface area contributed by atoms with Gasteiger partial charge >= 0.3 is 5.97 Å². The molecule has 1 aromatic rings. The van der Waals surface area contributed by atoms with Crippen molar-refractivity contribution in [3.8, 4) is 0 Å². The Morgan fingerprint density at radius 3 is 2.73 bits per heavy atom. The van der Waals surface area contributed by atoms with Gasteiger partial charge in [-0.15, -0.1) is 0 Å². The summed E-state index contributed by atoms with van der Waals surface area (Å²) in [6.45, 7) is 6.57. The number of carbonyl (C=O) groups is 1. The zero-order chi connectivity index (χ0) is 11.3. The molecule has 2 heteroatoms. The molecule has 1 aromatic carbocycles. The van der Waals surface area contributed by atoms with Crippen LogP contribution in [0.25, 0.3) is 0 Å². The Balaban J connectivity index is 2.78. The third-order valence-corrected chi connectivity index (χ3v) is 2.08. The van der Waals surface area contributed by atoms with E-state index in [1.807, 2.05) is 25.1 Å². The number of hydrogen-bond acceptors (Lipinski definition) is 2. The molecule has 0 heterocycles. The van der Waals surface area contributed by atoms with Gasteiger partial charge in [0, 0.05) is 0 Å². The van der Waals surface area contributed by atoms with E-state index in [-0.39, 0.29) is 5.97 Å². The van der Waals surface area contributed by atoms with Crippen molar-refractivity contribution in [1.29, 1.82) is 0 Å². The van der Waals surface area contributed by atoms with Crippen LogP contribution in [0.2, 0.25) is 0 Å². The topological polar surface area (TPSA) is 26.3 Å². The van der Waals surface area contributed by atoms with E-state index in [1.165, 1.54) is 5.56 Å². The molecular formula is C13H18O2. The lowest BCUT2D eigenvalue weighted by Gasteiger charge is -2.07. The second-order valence-corrected chi connectivity index (χ2v) is 4.02. The second-order valence-electron chi connectivity index (χ2n) is 4.02. The number of carbonyl (C=O) groups excluding carboxylic acids is 1. The minimum atomic E-state index is -0.233. The molecule has 0 amide bonds. The zero-order valence-electron chi connectivity index (χ0n) is 9.62. The monoisotopic (exact) mass is 206 g/mol. The van der Waals surface area contributed by atoms with Gasteiger partial charge in [0.15, 0.2) is 0 Å². The average molecular weight is 206 g/mol. The largest absolute Gasteiger partial charge is 0.462 e. The van der Waals surface area contributed by atoms with Crippen LogP contribution < -0.4 is 0 Å². The van der Waals surface area contributed by atoms with E-state index in [0.717, 1.165) is 6.42 Å². The Morgan fingerprint density at radius 1 is 1.40 bits per heavy atom. The lowest BCUT2D eigenvalue weighted by Crippen LogP contribution is -2.05. The highest BCUT2D eigenvalue weighted by atomic mass is 16.5. The first kappa shape index (κ1) is 11.8. The number of ether oxygens (including phenoxy) is 1. The summed E-state index contributed by atoms with van der Waals surface area (Å²) in [5.41, 5.74) is 1.84. The Labute approximate surface area is 91.3 Å². The molecule has 0 unspecified atom stereocenters. The summed E-state index contributed by atoms with van der Waals surface area (Å²) in [5.74, 6) is 0.366. The van der Waals surface area contributed by atoms with Crippen molar-refractivity contribution in [1.82, 2.24) is 0 Å². The van der Waals surface area contributed by atoms with Crippen LogP contribution >= 0.6 is 0 Å². The van der Waals surface area contributed by atoms with Crippen LogP contribution in [-0.4, -0.2) is 12.6 Å². The van der Waals surface area contributed by atoms with Gasteiger partial charge in [-0.3, -0.25) is 0 Å². The molecular weight excluding hydrogens is 188 g/mol. The highest BCUT2D eigenvalue weighted by Crippen LogP contribution is 2.11. The van der Waals surface area contributed by atoms with Crippen LogP contribution in [0.3, 0.4) is 0 Å². The molecule has 0 fully saturated rings. The first-order valence-electron chi connectivity index (χ1n) is 5.39. The first-order valence-corrected chi connectivity index (χ1v) is 5.39. The molecule has 0 aliphatic carbocycles. The highest BCUT2D eigenvalue weighted by Gasteiger charge is 2.07. The summed E-state index contributed by atoms with van der Waals surface area (Å²) >= 11 is 0. The van der Waals surface area contributed by atoms with Gasteiger partial charge in [0.2, 0.25) is 0 Å². The van der Waals surface area contributed by atoms with E-state index in [1.54, 1.807) is 6.07 Å². The zero-order valence-corrected chi connectivity index (χ0v) is 9.62. The maximum Gasteiger partial charge on any atom is 0.338 e. The lowest BCUT2D eigenvalue weighted by molar-refractivity contribution is 0.0526. The normalized spacial score (nSPS) is 10.4. The number of benzene rings is 1. The van der Waals surface area contributed by atoms with Crippen LogP contribution in [0.4, 0.5) is 0 Å². The average Bonchev–Trinajstić information content (AvgIpc) is 2.17. The molecule has 15 heavy (non-hydrogen) atoms. The van der Waals surface area contributed by atoms with Crippen molar-refractivity contribution < 1.29 is 9.53 Å². The lowest BCUT2D eigenvalue weighted by atomic mass is 10.0. The van der Waals surface area contributed by atoms with Crippen LogP contribution in [0.5, 0.6) is 0 Å². The summed E-state index contributed by atoms with van der Waals surface area (Å²) in [6, 6.07) is 7.66. The second kappa shape index (κ2) is 5.54. The van der Waals surface area contributed by atoms with E-state index < -0.39 is 0 Å². The first-order chi connectivity index (χ1) is 7.13. The van der Waals surface area contributed by atoms with Crippen molar-refractivity contribution in [2.24, 2.45) is 5.92 Å². The Hall–Kier alpha value is -1.31.